The summed E-state index contributed by atoms with van der Waals surface area (Å²) in [4.78, 5) is 11.3. The Morgan fingerprint density at radius 2 is 2.27 bits per heavy atom. The van der Waals surface area contributed by atoms with E-state index in [1.54, 1.807) is 6.08 Å². The van der Waals surface area contributed by atoms with Crippen LogP contribution in [-0.4, -0.2) is 15.3 Å². The van der Waals surface area contributed by atoms with Gasteiger partial charge in [0.2, 0.25) is 0 Å². The molecular formula is C9H6OSi. The molecule has 1 aliphatic heterocycles. The molecule has 11 heavy (non-hydrogen) atoms. The molecule has 0 aromatic carbocycles. The number of fused-ring (bicyclic) bond motifs is 2. The maximum Gasteiger partial charge on any atom is 0.186 e. The molecule has 2 aliphatic carbocycles. The van der Waals surface area contributed by atoms with E-state index in [2.05, 4.69) is 6.08 Å². The average Bonchev–Trinajstić information content (AvgIpc) is 2.62. The number of hydrogen-bond donors (Lipinski definition) is 0. The van der Waals surface area contributed by atoms with Crippen LogP contribution in [0.4, 0.5) is 0 Å². The van der Waals surface area contributed by atoms with E-state index in [1.807, 2.05) is 12.2 Å². The summed E-state index contributed by atoms with van der Waals surface area (Å²) in [5.41, 5.74) is 2.18. The molecule has 2 heteroatoms. The van der Waals surface area contributed by atoms with Crippen molar-refractivity contribution in [3.8, 4) is 0 Å². The van der Waals surface area contributed by atoms with E-state index in [-0.39, 0.29) is 15.3 Å². The molecule has 0 bridgehead atoms. The number of allylic oxidation sites excluding steroid dienone is 8. The summed E-state index contributed by atoms with van der Waals surface area (Å²) >= 11 is 0. The van der Waals surface area contributed by atoms with Gasteiger partial charge in [-0.3, -0.25) is 4.79 Å². The Bertz CT molecular complexity index is 394. The van der Waals surface area contributed by atoms with Gasteiger partial charge in [-0.25, -0.2) is 0 Å². The van der Waals surface area contributed by atoms with Crippen molar-refractivity contribution >= 4 is 15.3 Å². The molecular weight excluding hydrogens is 152 g/mol. The van der Waals surface area contributed by atoms with Gasteiger partial charge in [0.15, 0.2) is 5.78 Å². The molecule has 1 saturated heterocycles. The van der Waals surface area contributed by atoms with Gasteiger partial charge < -0.3 is 0 Å². The third kappa shape index (κ3) is 0.575. The summed E-state index contributed by atoms with van der Waals surface area (Å²) in [5.74, 6) is 0.216. The van der Waals surface area contributed by atoms with Crippen LogP contribution in [0.2, 0.25) is 0 Å². The Labute approximate surface area is 66.6 Å². The van der Waals surface area contributed by atoms with Crippen molar-refractivity contribution in [3.05, 3.63) is 45.8 Å². The van der Waals surface area contributed by atoms with Gasteiger partial charge in [-0.15, -0.1) is 0 Å². The highest BCUT2D eigenvalue weighted by atomic mass is 28.2. The molecule has 0 aromatic heterocycles. The Morgan fingerprint density at radius 1 is 1.36 bits per heavy atom. The smallest absolute Gasteiger partial charge is 0.186 e. The molecule has 1 nitrogen and oxygen atoms in total. The lowest BCUT2D eigenvalue weighted by Crippen LogP contribution is -2.03. The summed E-state index contributed by atoms with van der Waals surface area (Å²) in [6.45, 7) is 0. The molecule has 0 aromatic rings. The number of hydrogen-bond acceptors (Lipinski definition) is 1. The van der Waals surface area contributed by atoms with Crippen LogP contribution in [0, 0.1) is 0 Å². The van der Waals surface area contributed by atoms with Gasteiger partial charge in [-0.1, -0.05) is 28.6 Å². The molecule has 1 fully saturated rings. The highest BCUT2D eigenvalue weighted by molar-refractivity contribution is 6.75. The van der Waals surface area contributed by atoms with Crippen LogP contribution in [-0.2, 0) is 4.79 Å². The van der Waals surface area contributed by atoms with Crippen molar-refractivity contribution in [2.75, 3.05) is 0 Å². The largest absolute Gasteiger partial charge is 0.289 e. The highest BCUT2D eigenvalue weighted by Gasteiger charge is 2.35. The SMILES string of the molecule is O=C1C=CC=C2C=C3[SiH2]C3=C12. The first-order valence-electron chi connectivity index (χ1n) is 3.73. The standard InChI is InChI=1S/C9H6OSi/c10-6-3-1-2-5-4-7-9(11-7)8(5)6/h1-4H,11H2. The summed E-state index contributed by atoms with van der Waals surface area (Å²) < 4.78 is 0. The lowest BCUT2D eigenvalue weighted by atomic mass is 10.0. The normalized spacial score (nSPS) is 26.7. The fourth-order valence-electron chi connectivity index (χ4n) is 1.71. The zero-order valence-electron chi connectivity index (χ0n) is 5.92. The lowest BCUT2D eigenvalue weighted by Gasteiger charge is -2.04. The van der Waals surface area contributed by atoms with Crippen LogP contribution >= 0.6 is 0 Å². The third-order valence-corrected chi connectivity index (χ3v) is 3.99. The van der Waals surface area contributed by atoms with E-state index >= 15 is 0 Å². The van der Waals surface area contributed by atoms with Gasteiger partial charge in [0.1, 0.15) is 0 Å². The monoisotopic (exact) mass is 158 g/mol. The van der Waals surface area contributed by atoms with Crippen molar-refractivity contribution in [1.29, 1.82) is 0 Å². The van der Waals surface area contributed by atoms with Gasteiger partial charge >= 0.3 is 0 Å². The van der Waals surface area contributed by atoms with Gasteiger partial charge in [0, 0.05) is 5.57 Å². The molecule has 3 aliphatic rings. The fraction of sp³-hybridized carbons (Fsp3) is 0. The highest BCUT2D eigenvalue weighted by Crippen LogP contribution is 2.42. The molecule has 0 amide bonds. The quantitative estimate of drug-likeness (QED) is 0.466. The molecule has 0 atom stereocenters. The maximum atomic E-state index is 11.3. The van der Waals surface area contributed by atoms with Gasteiger partial charge in [-0.2, -0.15) is 0 Å². The number of carbonyl (C=O) groups is 1. The molecule has 0 N–H and O–H groups in total. The van der Waals surface area contributed by atoms with Crippen molar-refractivity contribution in [2.45, 2.75) is 0 Å². The molecule has 52 valence electrons. The van der Waals surface area contributed by atoms with E-state index in [0.717, 1.165) is 11.1 Å². The van der Waals surface area contributed by atoms with Crippen molar-refractivity contribution in [3.63, 3.8) is 0 Å². The minimum atomic E-state index is -0.0605. The number of carbonyl (C=O) groups excluding carboxylic acids is 1. The first-order chi connectivity index (χ1) is 5.36. The van der Waals surface area contributed by atoms with E-state index in [1.165, 1.54) is 10.4 Å². The maximum absolute atomic E-state index is 11.3. The average molecular weight is 158 g/mol. The Morgan fingerprint density at radius 3 is 3.09 bits per heavy atom. The Hall–Kier alpha value is -1.15. The predicted octanol–water partition coefficient (Wildman–Crippen LogP) is 0.386. The van der Waals surface area contributed by atoms with Crippen molar-refractivity contribution in [1.82, 2.24) is 0 Å². The van der Waals surface area contributed by atoms with Gasteiger partial charge in [-0.05, 0) is 11.6 Å². The summed E-state index contributed by atoms with van der Waals surface area (Å²) in [6.07, 6.45) is 7.70. The van der Waals surface area contributed by atoms with Crippen LogP contribution in [0.1, 0.15) is 0 Å². The summed E-state index contributed by atoms with van der Waals surface area (Å²) in [7, 11) is -0.0605. The Balaban J connectivity index is 2.29. The molecule has 0 unspecified atom stereocenters. The van der Waals surface area contributed by atoms with Crippen LogP contribution < -0.4 is 0 Å². The minimum absolute atomic E-state index is 0.0605. The number of rotatable bonds is 0. The van der Waals surface area contributed by atoms with E-state index in [0.29, 0.717) is 0 Å². The van der Waals surface area contributed by atoms with Gasteiger partial charge in [0.25, 0.3) is 0 Å². The second-order valence-electron chi connectivity index (χ2n) is 3.05. The Kier molecular flexibility index (Phi) is 0.766. The van der Waals surface area contributed by atoms with Crippen molar-refractivity contribution in [2.24, 2.45) is 0 Å². The van der Waals surface area contributed by atoms with Crippen LogP contribution in [0.3, 0.4) is 0 Å². The summed E-state index contributed by atoms with van der Waals surface area (Å²) in [6, 6.07) is 0. The van der Waals surface area contributed by atoms with Gasteiger partial charge in [0.05, 0.1) is 9.52 Å². The van der Waals surface area contributed by atoms with Crippen molar-refractivity contribution < 1.29 is 4.79 Å². The van der Waals surface area contributed by atoms with E-state index < -0.39 is 0 Å². The molecule has 3 rings (SSSR count). The topological polar surface area (TPSA) is 17.1 Å². The molecule has 1 heterocycles. The molecule has 0 radical (unpaired) electrons. The molecule has 0 saturated carbocycles. The fourth-order valence-corrected chi connectivity index (χ4v) is 3.16. The zero-order valence-corrected chi connectivity index (χ0v) is 7.34. The minimum Gasteiger partial charge on any atom is -0.289 e. The lowest BCUT2D eigenvalue weighted by molar-refractivity contribution is -0.111. The van der Waals surface area contributed by atoms with E-state index in [9.17, 15) is 4.79 Å². The molecule has 0 spiro atoms. The van der Waals surface area contributed by atoms with Crippen LogP contribution in [0.25, 0.3) is 0 Å². The van der Waals surface area contributed by atoms with E-state index in [4.69, 9.17) is 0 Å². The first-order valence-corrected chi connectivity index (χ1v) is 5.15. The third-order valence-electron chi connectivity index (χ3n) is 2.32. The van der Waals surface area contributed by atoms with Crippen LogP contribution in [0.15, 0.2) is 45.8 Å². The summed E-state index contributed by atoms with van der Waals surface area (Å²) in [5, 5.41) is 2.92. The zero-order chi connectivity index (χ0) is 7.42. The second-order valence-corrected chi connectivity index (χ2v) is 4.87. The van der Waals surface area contributed by atoms with Crippen LogP contribution in [0.5, 0.6) is 0 Å². The second kappa shape index (κ2) is 1.53. The first kappa shape index (κ1) is 5.49. The number of ketones is 1. The predicted molar refractivity (Wildman–Crippen MR) is 45.9 cm³/mol.